The van der Waals surface area contributed by atoms with E-state index in [9.17, 15) is 4.79 Å². The van der Waals surface area contributed by atoms with E-state index in [0.29, 0.717) is 18.4 Å². The third-order valence-corrected chi connectivity index (χ3v) is 4.41. The molecular formula is C16H23BrN2O. The molecule has 110 valence electrons. The van der Waals surface area contributed by atoms with Crippen LogP contribution in [0.1, 0.15) is 43.9 Å². The predicted molar refractivity (Wildman–Crippen MR) is 85.7 cm³/mol. The van der Waals surface area contributed by atoms with Crippen molar-refractivity contribution >= 4 is 21.8 Å². The summed E-state index contributed by atoms with van der Waals surface area (Å²) >= 11 is 3.61. The maximum atomic E-state index is 11.7. The minimum Gasteiger partial charge on any atom is -0.356 e. The number of rotatable bonds is 6. The smallest absolute Gasteiger partial charge is 0.221 e. The SMILES string of the molecule is CC(C)CNC(=O)CCNC1CCc2c(Br)cccc21. The fourth-order valence-electron chi connectivity index (χ4n) is 2.59. The number of fused-ring (bicyclic) bond motifs is 1. The van der Waals surface area contributed by atoms with Crippen molar-refractivity contribution in [3.63, 3.8) is 0 Å². The van der Waals surface area contributed by atoms with Gasteiger partial charge in [0.2, 0.25) is 5.91 Å². The Labute approximate surface area is 129 Å². The molecular weight excluding hydrogens is 316 g/mol. The monoisotopic (exact) mass is 338 g/mol. The third kappa shape index (κ3) is 4.06. The third-order valence-electron chi connectivity index (χ3n) is 3.66. The molecule has 0 bridgehead atoms. The number of halogens is 1. The first-order valence-electron chi connectivity index (χ1n) is 7.35. The van der Waals surface area contributed by atoms with Gasteiger partial charge in [0.1, 0.15) is 0 Å². The van der Waals surface area contributed by atoms with Crippen LogP contribution in [0.5, 0.6) is 0 Å². The van der Waals surface area contributed by atoms with Crippen molar-refractivity contribution in [2.24, 2.45) is 5.92 Å². The second-order valence-corrected chi connectivity index (χ2v) is 6.66. The van der Waals surface area contributed by atoms with Crippen LogP contribution in [-0.4, -0.2) is 19.0 Å². The Morgan fingerprint density at radius 1 is 1.45 bits per heavy atom. The van der Waals surface area contributed by atoms with Crippen molar-refractivity contribution in [2.45, 2.75) is 39.2 Å². The summed E-state index contributed by atoms with van der Waals surface area (Å²) < 4.78 is 1.20. The molecule has 1 unspecified atom stereocenters. The van der Waals surface area contributed by atoms with Crippen molar-refractivity contribution in [2.75, 3.05) is 13.1 Å². The average Bonchev–Trinajstić information content (AvgIpc) is 2.81. The van der Waals surface area contributed by atoms with Crippen LogP contribution in [0.2, 0.25) is 0 Å². The summed E-state index contributed by atoms with van der Waals surface area (Å²) in [6.45, 7) is 5.70. The van der Waals surface area contributed by atoms with Crippen LogP contribution in [0, 0.1) is 5.92 Å². The molecule has 0 saturated carbocycles. The molecule has 0 fully saturated rings. The second-order valence-electron chi connectivity index (χ2n) is 5.80. The first-order valence-corrected chi connectivity index (χ1v) is 8.14. The van der Waals surface area contributed by atoms with Crippen LogP contribution < -0.4 is 10.6 Å². The van der Waals surface area contributed by atoms with Gasteiger partial charge < -0.3 is 10.6 Å². The lowest BCUT2D eigenvalue weighted by Gasteiger charge is -2.14. The lowest BCUT2D eigenvalue weighted by atomic mass is 10.1. The second kappa shape index (κ2) is 7.23. The Bertz CT molecular complexity index is 474. The Balaban J connectivity index is 1.77. The van der Waals surface area contributed by atoms with E-state index < -0.39 is 0 Å². The van der Waals surface area contributed by atoms with Gasteiger partial charge in [-0.3, -0.25) is 4.79 Å². The number of amides is 1. The molecule has 1 aromatic rings. The molecule has 3 nitrogen and oxygen atoms in total. The minimum atomic E-state index is 0.138. The molecule has 1 amide bonds. The van der Waals surface area contributed by atoms with Crippen LogP contribution in [0.25, 0.3) is 0 Å². The molecule has 20 heavy (non-hydrogen) atoms. The molecule has 0 saturated heterocycles. The van der Waals surface area contributed by atoms with E-state index in [1.54, 1.807) is 0 Å². The normalized spacial score (nSPS) is 17.3. The van der Waals surface area contributed by atoms with Gasteiger partial charge in [0.25, 0.3) is 0 Å². The topological polar surface area (TPSA) is 41.1 Å². The highest BCUT2D eigenvalue weighted by Crippen LogP contribution is 2.35. The van der Waals surface area contributed by atoms with Crippen molar-refractivity contribution in [1.82, 2.24) is 10.6 Å². The zero-order valence-corrected chi connectivity index (χ0v) is 13.8. The first-order chi connectivity index (χ1) is 9.58. The molecule has 1 atom stereocenters. The standard InChI is InChI=1S/C16H23BrN2O/c1-11(2)10-19-16(20)8-9-18-15-7-6-12-13(15)4-3-5-14(12)17/h3-5,11,15,18H,6-10H2,1-2H3,(H,19,20). The predicted octanol–water partition coefficient (Wildman–Crippen LogP) is 3.19. The average molecular weight is 339 g/mol. The van der Waals surface area contributed by atoms with Gasteiger partial charge in [0, 0.05) is 30.0 Å². The van der Waals surface area contributed by atoms with Crippen LogP contribution in [0.3, 0.4) is 0 Å². The van der Waals surface area contributed by atoms with Gasteiger partial charge in [-0.2, -0.15) is 0 Å². The summed E-state index contributed by atoms with van der Waals surface area (Å²) in [5.41, 5.74) is 2.79. The largest absolute Gasteiger partial charge is 0.356 e. The number of benzene rings is 1. The Morgan fingerprint density at radius 3 is 3.00 bits per heavy atom. The number of carbonyl (C=O) groups is 1. The number of carbonyl (C=O) groups excluding carboxylic acids is 1. The van der Waals surface area contributed by atoms with E-state index in [2.05, 4.69) is 58.6 Å². The van der Waals surface area contributed by atoms with Crippen molar-refractivity contribution in [1.29, 1.82) is 0 Å². The lowest BCUT2D eigenvalue weighted by Crippen LogP contribution is -2.31. The van der Waals surface area contributed by atoms with E-state index in [1.165, 1.54) is 15.6 Å². The van der Waals surface area contributed by atoms with Gasteiger partial charge in [-0.05, 0) is 36.0 Å². The van der Waals surface area contributed by atoms with E-state index >= 15 is 0 Å². The highest BCUT2D eigenvalue weighted by Gasteiger charge is 2.23. The summed E-state index contributed by atoms with van der Waals surface area (Å²) in [4.78, 5) is 11.7. The molecule has 0 heterocycles. The van der Waals surface area contributed by atoms with Crippen LogP contribution >= 0.6 is 15.9 Å². The van der Waals surface area contributed by atoms with Gasteiger partial charge in [0.15, 0.2) is 0 Å². The first kappa shape index (κ1) is 15.5. The van der Waals surface area contributed by atoms with Crippen LogP contribution in [0.15, 0.2) is 22.7 Å². The van der Waals surface area contributed by atoms with Gasteiger partial charge in [-0.1, -0.05) is 41.9 Å². The molecule has 1 aliphatic carbocycles. The summed E-state index contributed by atoms with van der Waals surface area (Å²) in [6.07, 6.45) is 2.77. The summed E-state index contributed by atoms with van der Waals surface area (Å²) in [5, 5.41) is 6.45. The molecule has 0 aliphatic heterocycles. The molecule has 1 aliphatic rings. The van der Waals surface area contributed by atoms with Gasteiger partial charge in [0.05, 0.1) is 0 Å². The highest BCUT2D eigenvalue weighted by atomic mass is 79.9. The van der Waals surface area contributed by atoms with Crippen molar-refractivity contribution < 1.29 is 4.79 Å². The van der Waals surface area contributed by atoms with E-state index in [-0.39, 0.29) is 5.91 Å². The molecule has 2 rings (SSSR count). The molecule has 0 aromatic heterocycles. The van der Waals surface area contributed by atoms with Crippen LogP contribution in [-0.2, 0) is 11.2 Å². The van der Waals surface area contributed by atoms with Gasteiger partial charge in [-0.15, -0.1) is 0 Å². The van der Waals surface area contributed by atoms with E-state index in [4.69, 9.17) is 0 Å². The maximum Gasteiger partial charge on any atom is 0.221 e. The molecule has 0 spiro atoms. The zero-order chi connectivity index (χ0) is 14.5. The van der Waals surface area contributed by atoms with Gasteiger partial charge >= 0.3 is 0 Å². The highest BCUT2D eigenvalue weighted by molar-refractivity contribution is 9.10. The molecule has 4 heteroatoms. The fraction of sp³-hybridized carbons (Fsp3) is 0.562. The van der Waals surface area contributed by atoms with Gasteiger partial charge in [-0.25, -0.2) is 0 Å². The zero-order valence-electron chi connectivity index (χ0n) is 12.2. The number of hydrogen-bond acceptors (Lipinski definition) is 2. The Hall–Kier alpha value is -0.870. The quantitative estimate of drug-likeness (QED) is 0.836. The number of nitrogens with one attached hydrogen (secondary N) is 2. The number of hydrogen-bond donors (Lipinski definition) is 2. The maximum absolute atomic E-state index is 11.7. The Kier molecular flexibility index (Phi) is 5.61. The summed E-state index contributed by atoms with van der Waals surface area (Å²) in [7, 11) is 0. The molecule has 1 aromatic carbocycles. The molecule has 0 radical (unpaired) electrons. The van der Waals surface area contributed by atoms with Crippen molar-refractivity contribution in [3.8, 4) is 0 Å². The fourth-order valence-corrected chi connectivity index (χ4v) is 3.17. The summed E-state index contributed by atoms with van der Waals surface area (Å²) in [6, 6.07) is 6.75. The van der Waals surface area contributed by atoms with Crippen LogP contribution in [0.4, 0.5) is 0 Å². The van der Waals surface area contributed by atoms with Crippen molar-refractivity contribution in [3.05, 3.63) is 33.8 Å². The summed E-state index contributed by atoms with van der Waals surface area (Å²) in [5.74, 6) is 0.643. The Morgan fingerprint density at radius 2 is 2.25 bits per heavy atom. The lowest BCUT2D eigenvalue weighted by molar-refractivity contribution is -0.121. The van der Waals surface area contributed by atoms with E-state index in [0.717, 1.165) is 25.9 Å². The van der Waals surface area contributed by atoms with E-state index in [1.807, 2.05) is 0 Å². The minimum absolute atomic E-state index is 0.138. The molecule has 2 N–H and O–H groups in total.